The average molecular weight is 468 g/mol. The van der Waals surface area contributed by atoms with Crippen molar-refractivity contribution < 1.29 is 18.7 Å². The van der Waals surface area contributed by atoms with Crippen molar-refractivity contribution in [2.24, 2.45) is 0 Å². The second-order valence-electron chi connectivity index (χ2n) is 6.00. The number of carbonyl (C=O) groups is 2. The molecule has 2 aromatic carbocycles. The number of rotatable bonds is 6. The summed E-state index contributed by atoms with van der Waals surface area (Å²) >= 11 is 9.52. The quantitative estimate of drug-likeness (QED) is 0.563. The van der Waals surface area contributed by atoms with Gasteiger partial charge in [-0.25, -0.2) is 9.59 Å². The van der Waals surface area contributed by atoms with Gasteiger partial charge in [-0.05, 0) is 33.6 Å². The van der Waals surface area contributed by atoms with E-state index in [2.05, 4.69) is 21.2 Å². The number of ether oxygens (including phenoxy) is 1. The van der Waals surface area contributed by atoms with Crippen molar-refractivity contribution in [1.29, 1.82) is 0 Å². The Morgan fingerprint density at radius 1 is 1.25 bits per heavy atom. The lowest BCUT2D eigenvalue weighted by molar-refractivity contribution is -0.145. The molecule has 0 radical (unpaired) electrons. The van der Waals surface area contributed by atoms with Crippen molar-refractivity contribution in [3.63, 3.8) is 0 Å². The number of hydrogen-bond donors (Lipinski definition) is 1. The van der Waals surface area contributed by atoms with E-state index >= 15 is 0 Å². The predicted octanol–water partition coefficient (Wildman–Crippen LogP) is 2.91. The lowest BCUT2D eigenvalue weighted by atomic mass is 10.1. The number of amides is 1. The van der Waals surface area contributed by atoms with E-state index in [9.17, 15) is 14.4 Å². The first kappa shape index (κ1) is 20.2. The van der Waals surface area contributed by atoms with Gasteiger partial charge in [0.2, 0.25) is 5.91 Å². The van der Waals surface area contributed by atoms with E-state index in [1.54, 1.807) is 12.1 Å². The van der Waals surface area contributed by atoms with E-state index in [1.807, 2.05) is 30.3 Å². The number of nitrogens with zero attached hydrogens (tertiary/aromatic N) is 1. The largest absolute Gasteiger partial charge is 0.467 e. The van der Waals surface area contributed by atoms with Crippen LogP contribution in [0.1, 0.15) is 5.56 Å². The van der Waals surface area contributed by atoms with Gasteiger partial charge in [-0.3, -0.25) is 9.36 Å². The first-order chi connectivity index (χ1) is 13.4. The van der Waals surface area contributed by atoms with Gasteiger partial charge in [0.25, 0.3) is 0 Å². The van der Waals surface area contributed by atoms with Crippen molar-refractivity contribution in [2.45, 2.75) is 19.0 Å². The summed E-state index contributed by atoms with van der Waals surface area (Å²) in [4.78, 5) is 36.8. The van der Waals surface area contributed by atoms with Gasteiger partial charge in [-0.1, -0.05) is 41.9 Å². The van der Waals surface area contributed by atoms with Crippen LogP contribution in [0.2, 0.25) is 5.02 Å². The highest BCUT2D eigenvalue weighted by Crippen LogP contribution is 2.30. The van der Waals surface area contributed by atoms with Gasteiger partial charge in [0.15, 0.2) is 5.58 Å². The Labute approximate surface area is 173 Å². The van der Waals surface area contributed by atoms with Crippen molar-refractivity contribution in [2.75, 3.05) is 7.11 Å². The van der Waals surface area contributed by atoms with Crippen molar-refractivity contribution in [3.8, 4) is 0 Å². The Bertz CT molecular complexity index is 1080. The summed E-state index contributed by atoms with van der Waals surface area (Å²) in [7, 11) is 1.25. The number of oxazole rings is 1. The summed E-state index contributed by atoms with van der Waals surface area (Å²) < 4.78 is 11.6. The average Bonchev–Trinajstić information content (AvgIpc) is 3.00. The monoisotopic (exact) mass is 466 g/mol. The highest BCUT2D eigenvalue weighted by atomic mass is 79.9. The number of aromatic nitrogens is 1. The topological polar surface area (TPSA) is 90.5 Å². The molecule has 0 spiro atoms. The zero-order valence-electron chi connectivity index (χ0n) is 14.8. The van der Waals surface area contributed by atoms with Crippen molar-refractivity contribution in [3.05, 3.63) is 68.1 Å². The number of methoxy groups -OCH3 is 1. The Balaban J connectivity index is 1.83. The fourth-order valence-electron chi connectivity index (χ4n) is 2.81. The molecule has 146 valence electrons. The number of benzene rings is 2. The highest BCUT2D eigenvalue weighted by Gasteiger charge is 2.24. The second-order valence-corrected chi connectivity index (χ2v) is 7.23. The number of fused-ring (bicyclic) bond motifs is 1. The molecule has 0 aliphatic rings. The number of carbonyl (C=O) groups excluding carboxylic acids is 2. The third kappa shape index (κ3) is 4.28. The van der Waals surface area contributed by atoms with Crippen LogP contribution in [0.5, 0.6) is 0 Å². The molecular weight excluding hydrogens is 452 g/mol. The molecule has 1 amide bonds. The van der Waals surface area contributed by atoms with Crippen LogP contribution in [-0.4, -0.2) is 29.6 Å². The summed E-state index contributed by atoms with van der Waals surface area (Å²) in [6.07, 6.45) is 0.257. The number of esters is 1. The third-order valence-electron chi connectivity index (χ3n) is 4.12. The molecule has 1 heterocycles. The van der Waals surface area contributed by atoms with E-state index < -0.39 is 23.7 Å². The standard InChI is InChI=1S/C19H16BrClN2O5/c1-27-18(25)13(9-11-5-3-2-4-6-11)22-15(24)10-23-17-14(28-19(23)26)8-7-12(20)16(17)21/h2-8,13H,9-10H2,1H3,(H,22,24). The Morgan fingerprint density at radius 3 is 2.64 bits per heavy atom. The number of hydrogen-bond acceptors (Lipinski definition) is 5. The molecule has 9 heteroatoms. The summed E-state index contributed by atoms with van der Waals surface area (Å²) in [5.41, 5.74) is 1.42. The van der Waals surface area contributed by atoms with E-state index in [0.717, 1.165) is 10.1 Å². The minimum Gasteiger partial charge on any atom is -0.467 e. The zero-order chi connectivity index (χ0) is 20.3. The molecule has 3 rings (SSSR count). The fourth-order valence-corrected chi connectivity index (χ4v) is 3.39. The third-order valence-corrected chi connectivity index (χ3v) is 5.40. The minimum atomic E-state index is -0.893. The first-order valence-electron chi connectivity index (χ1n) is 8.29. The van der Waals surface area contributed by atoms with Crippen LogP contribution in [0.3, 0.4) is 0 Å². The molecule has 0 aliphatic heterocycles. The van der Waals surface area contributed by atoms with Crippen LogP contribution in [0.25, 0.3) is 11.1 Å². The summed E-state index contributed by atoms with van der Waals surface area (Å²) in [5.74, 6) is -1.85. The van der Waals surface area contributed by atoms with Gasteiger partial charge >= 0.3 is 11.7 Å². The number of nitrogens with one attached hydrogen (secondary N) is 1. The SMILES string of the molecule is COC(=O)C(Cc1ccccc1)NC(=O)Cn1c(=O)oc2ccc(Br)c(Cl)c21. The molecule has 0 bridgehead atoms. The molecule has 0 saturated heterocycles. The maximum atomic E-state index is 12.5. The number of halogens is 2. The van der Waals surface area contributed by atoms with Crippen LogP contribution in [0.4, 0.5) is 0 Å². The molecule has 0 saturated carbocycles. The van der Waals surface area contributed by atoms with Crippen LogP contribution in [0.15, 0.2) is 56.1 Å². The summed E-state index contributed by atoms with van der Waals surface area (Å²) in [6.45, 7) is -0.357. The van der Waals surface area contributed by atoms with Crippen molar-refractivity contribution >= 4 is 50.5 Å². The van der Waals surface area contributed by atoms with Crippen LogP contribution >= 0.6 is 27.5 Å². The van der Waals surface area contributed by atoms with Gasteiger partial charge in [-0.2, -0.15) is 0 Å². The van der Waals surface area contributed by atoms with Gasteiger partial charge < -0.3 is 14.5 Å². The second kappa shape index (κ2) is 8.62. The maximum Gasteiger partial charge on any atom is 0.420 e. The van der Waals surface area contributed by atoms with Gasteiger partial charge in [0.05, 0.1) is 12.1 Å². The van der Waals surface area contributed by atoms with Gasteiger partial charge in [0.1, 0.15) is 18.1 Å². The highest BCUT2D eigenvalue weighted by molar-refractivity contribution is 9.10. The zero-order valence-corrected chi connectivity index (χ0v) is 17.1. The van der Waals surface area contributed by atoms with Crippen molar-refractivity contribution in [1.82, 2.24) is 9.88 Å². The molecule has 28 heavy (non-hydrogen) atoms. The first-order valence-corrected chi connectivity index (χ1v) is 9.46. The molecule has 0 fully saturated rings. The van der Waals surface area contributed by atoms with Crippen LogP contribution < -0.4 is 11.1 Å². The Morgan fingerprint density at radius 2 is 1.96 bits per heavy atom. The molecule has 1 unspecified atom stereocenters. The Hall–Kier alpha value is -2.58. The molecule has 3 aromatic rings. The summed E-state index contributed by atoms with van der Waals surface area (Å²) in [6, 6.07) is 11.5. The Kier molecular flexibility index (Phi) is 6.21. The summed E-state index contributed by atoms with van der Waals surface area (Å²) in [5, 5.41) is 2.87. The molecule has 7 nitrogen and oxygen atoms in total. The maximum absolute atomic E-state index is 12.5. The van der Waals surface area contributed by atoms with Crippen LogP contribution in [-0.2, 0) is 27.3 Å². The fraction of sp³-hybridized carbons (Fsp3) is 0.211. The van der Waals surface area contributed by atoms with Gasteiger partial charge in [-0.15, -0.1) is 0 Å². The normalized spacial score (nSPS) is 12.0. The van der Waals surface area contributed by atoms with E-state index in [1.165, 1.54) is 7.11 Å². The van der Waals surface area contributed by atoms with Crippen LogP contribution in [0, 0.1) is 0 Å². The lowest BCUT2D eigenvalue weighted by Crippen LogP contribution is -2.45. The van der Waals surface area contributed by atoms with Gasteiger partial charge in [0, 0.05) is 10.9 Å². The molecular formula is C19H16BrClN2O5. The predicted molar refractivity (Wildman–Crippen MR) is 107 cm³/mol. The smallest absolute Gasteiger partial charge is 0.420 e. The minimum absolute atomic E-state index is 0.255. The van der Waals surface area contributed by atoms with E-state index in [0.29, 0.717) is 9.99 Å². The molecule has 1 N–H and O–H groups in total. The molecule has 0 aliphatic carbocycles. The molecule has 1 aromatic heterocycles. The lowest BCUT2D eigenvalue weighted by Gasteiger charge is -2.17. The van der Waals surface area contributed by atoms with E-state index in [4.69, 9.17) is 20.8 Å². The van der Waals surface area contributed by atoms with E-state index in [-0.39, 0.29) is 23.6 Å². The molecule has 1 atom stereocenters.